The maximum Gasteiger partial charge on any atom is 0.276 e. The van der Waals surface area contributed by atoms with E-state index in [-0.39, 0.29) is 22.8 Å². The number of carbonyl (C=O) groups excluding carboxylic acids is 1. The number of hydrogen-bond acceptors (Lipinski definition) is 5. The van der Waals surface area contributed by atoms with Gasteiger partial charge in [-0.3, -0.25) is 14.2 Å². The van der Waals surface area contributed by atoms with E-state index >= 15 is 0 Å². The average Bonchev–Trinajstić information content (AvgIpc) is 3.26. The van der Waals surface area contributed by atoms with Crippen molar-refractivity contribution in [2.24, 2.45) is 0 Å². The Kier molecular flexibility index (Phi) is 4.60. The van der Waals surface area contributed by atoms with Crippen molar-refractivity contribution in [2.45, 2.75) is 50.6 Å². The van der Waals surface area contributed by atoms with Crippen molar-refractivity contribution in [2.75, 3.05) is 6.54 Å². The molecule has 3 aromatic rings. The maximum atomic E-state index is 13.3. The number of rotatable bonds is 5. The molecule has 5 rings (SSSR count). The van der Waals surface area contributed by atoms with Gasteiger partial charge >= 0.3 is 0 Å². The van der Waals surface area contributed by atoms with Gasteiger partial charge in [-0.05, 0) is 37.8 Å². The SMILES string of the molecule is O=C(c1cc(C2CC2)on1)N1CCCC1c1nc2ccccc2c(=O)n1CC(F)F. The predicted octanol–water partition coefficient (Wildman–Crippen LogP) is 3.50. The van der Waals surface area contributed by atoms with Crippen LogP contribution in [0.25, 0.3) is 10.9 Å². The van der Waals surface area contributed by atoms with Gasteiger partial charge in [-0.1, -0.05) is 17.3 Å². The van der Waals surface area contributed by atoms with Crippen LogP contribution in [0.5, 0.6) is 0 Å². The highest BCUT2D eigenvalue weighted by Crippen LogP contribution is 2.40. The van der Waals surface area contributed by atoms with Crippen LogP contribution in [-0.4, -0.2) is 38.5 Å². The lowest BCUT2D eigenvalue weighted by Gasteiger charge is -2.26. The molecule has 2 fully saturated rings. The first kappa shape index (κ1) is 18.9. The molecule has 156 valence electrons. The summed E-state index contributed by atoms with van der Waals surface area (Å²) in [6, 6.07) is 7.74. The zero-order chi connectivity index (χ0) is 20.8. The van der Waals surface area contributed by atoms with Crippen LogP contribution < -0.4 is 5.56 Å². The molecule has 1 saturated heterocycles. The summed E-state index contributed by atoms with van der Waals surface area (Å²) in [4.78, 5) is 32.1. The first-order chi connectivity index (χ1) is 14.5. The third kappa shape index (κ3) is 3.28. The van der Waals surface area contributed by atoms with Crippen molar-refractivity contribution in [3.05, 3.63) is 58.0 Å². The summed E-state index contributed by atoms with van der Waals surface area (Å²) in [6.07, 6.45) is 0.548. The van der Waals surface area contributed by atoms with E-state index in [0.29, 0.717) is 36.6 Å². The standard InChI is InChI=1S/C21H20F2N4O3/c22-18(23)11-27-19(24-14-5-2-1-4-13(14)20(27)28)16-6-3-9-26(16)21(29)15-10-17(30-25-15)12-7-8-12/h1-2,4-5,10,12,16,18H,3,6-9,11H2. The van der Waals surface area contributed by atoms with Gasteiger partial charge in [0.05, 0.1) is 23.5 Å². The molecule has 2 aliphatic rings. The summed E-state index contributed by atoms with van der Waals surface area (Å²) in [5, 5.41) is 4.19. The highest BCUT2D eigenvalue weighted by molar-refractivity contribution is 5.92. The number of benzene rings is 1. The van der Waals surface area contributed by atoms with Crippen molar-refractivity contribution in [3.8, 4) is 0 Å². The molecule has 0 radical (unpaired) electrons. The number of alkyl halides is 2. The summed E-state index contributed by atoms with van der Waals surface area (Å²) in [6.45, 7) is -0.327. The van der Waals surface area contributed by atoms with Crippen molar-refractivity contribution in [1.82, 2.24) is 19.6 Å². The van der Waals surface area contributed by atoms with E-state index in [1.807, 2.05) is 0 Å². The second-order valence-electron chi connectivity index (χ2n) is 7.84. The molecule has 0 N–H and O–H groups in total. The fourth-order valence-electron chi connectivity index (χ4n) is 4.13. The minimum Gasteiger partial charge on any atom is -0.360 e. The van der Waals surface area contributed by atoms with Crippen LogP contribution in [0.3, 0.4) is 0 Å². The Morgan fingerprint density at radius 1 is 1.23 bits per heavy atom. The third-order valence-corrected chi connectivity index (χ3v) is 5.75. The fourth-order valence-corrected chi connectivity index (χ4v) is 4.13. The van der Waals surface area contributed by atoms with Gasteiger partial charge in [0.1, 0.15) is 11.6 Å². The quantitative estimate of drug-likeness (QED) is 0.638. The topological polar surface area (TPSA) is 81.2 Å². The number of hydrogen-bond donors (Lipinski definition) is 0. The molecule has 1 aromatic carbocycles. The molecule has 9 heteroatoms. The summed E-state index contributed by atoms with van der Waals surface area (Å²) in [5.41, 5.74) is 0.111. The molecule has 1 saturated carbocycles. The van der Waals surface area contributed by atoms with Crippen LogP contribution in [0.4, 0.5) is 8.78 Å². The Morgan fingerprint density at radius 2 is 2.03 bits per heavy atom. The average molecular weight is 414 g/mol. The van der Waals surface area contributed by atoms with E-state index in [9.17, 15) is 18.4 Å². The van der Waals surface area contributed by atoms with Crippen molar-refractivity contribution in [3.63, 3.8) is 0 Å². The second-order valence-corrected chi connectivity index (χ2v) is 7.84. The number of aromatic nitrogens is 3. The molecule has 2 aromatic heterocycles. The maximum absolute atomic E-state index is 13.3. The second kappa shape index (κ2) is 7.30. The smallest absolute Gasteiger partial charge is 0.276 e. The van der Waals surface area contributed by atoms with Crippen LogP contribution in [0.2, 0.25) is 0 Å². The number of nitrogens with zero attached hydrogens (tertiary/aromatic N) is 4. The fraction of sp³-hybridized carbons (Fsp3) is 0.429. The molecule has 1 unspecified atom stereocenters. The minimum atomic E-state index is -2.72. The van der Waals surface area contributed by atoms with E-state index in [1.54, 1.807) is 35.2 Å². The van der Waals surface area contributed by atoms with Gasteiger partial charge in [0.25, 0.3) is 17.9 Å². The summed E-state index contributed by atoms with van der Waals surface area (Å²) in [5.74, 6) is 0.884. The molecule has 0 bridgehead atoms. The molecule has 30 heavy (non-hydrogen) atoms. The van der Waals surface area contributed by atoms with E-state index in [2.05, 4.69) is 10.1 Å². The number of para-hydroxylation sites is 1. The first-order valence-electron chi connectivity index (χ1n) is 10.1. The van der Waals surface area contributed by atoms with E-state index in [4.69, 9.17) is 4.52 Å². The number of fused-ring (bicyclic) bond motifs is 1. The molecule has 1 atom stereocenters. The molecule has 7 nitrogen and oxygen atoms in total. The Bertz CT molecular complexity index is 1170. The Hall–Kier alpha value is -3.10. The highest BCUT2D eigenvalue weighted by atomic mass is 19.3. The molecule has 1 aliphatic heterocycles. The van der Waals surface area contributed by atoms with Crippen molar-refractivity contribution >= 4 is 16.8 Å². The molecular weight excluding hydrogens is 394 g/mol. The Balaban J connectivity index is 1.55. The van der Waals surface area contributed by atoms with Crippen molar-refractivity contribution in [1.29, 1.82) is 0 Å². The van der Waals surface area contributed by atoms with Crippen LogP contribution in [0, 0.1) is 0 Å². The predicted molar refractivity (Wildman–Crippen MR) is 103 cm³/mol. The van der Waals surface area contributed by atoms with Gasteiger partial charge in [0.15, 0.2) is 5.69 Å². The van der Waals surface area contributed by atoms with Crippen LogP contribution in [-0.2, 0) is 6.54 Å². The lowest BCUT2D eigenvalue weighted by molar-refractivity contribution is 0.0710. The number of carbonyl (C=O) groups is 1. The monoisotopic (exact) mass is 414 g/mol. The van der Waals surface area contributed by atoms with Gasteiger partial charge in [-0.15, -0.1) is 0 Å². The highest BCUT2D eigenvalue weighted by Gasteiger charge is 2.36. The zero-order valence-corrected chi connectivity index (χ0v) is 16.1. The lowest BCUT2D eigenvalue weighted by atomic mass is 10.1. The molecule has 3 heterocycles. The van der Waals surface area contributed by atoms with Crippen LogP contribution in [0.15, 0.2) is 39.6 Å². The van der Waals surface area contributed by atoms with Crippen LogP contribution in [0.1, 0.15) is 59.7 Å². The molecule has 0 spiro atoms. The van der Waals surface area contributed by atoms with E-state index in [1.165, 1.54) is 0 Å². The summed E-state index contributed by atoms with van der Waals surface area (Å²) in [7, 11) is 0. The van der Waals surface area contributed by atoms with Gasteiger partial charge < -0.3 is 9.42 Å². The van der Waals surface area contributed by atoms with Crippen molar-refractivity contribution < 1.29 is 18.1 Å². The summed E-state index contributed by atoms with van der Waals surface area (Å²) >= 11 is 0. The van der Waals surface area contributed by atoms with E-state index < -0.39 is 24.6 Å². The Morgan fingerprint density at radius 3 is 2.80 bits per heavy atom. The van der Waals surface area contributed by atoms with Gasteiger partial charge in [0.2, 0.25) is 0 Å². The van der Waals surface area contributed by atoms with Gasteiger partial charge in [-0.25, -0.2) is 13.8 Å². The number of likely N-dealkylation sites (tertiary alicyclic amines) is 1. The van der Waals surface area contributed by atoms with Crippen LogP contribution >= 0.6 is 0 Å². The zero-order valence-electron chi connectivity index (χ0n) is 16.1. The first-order valence-corrected chi connectivity index (χ1v) is 10.1. The number of halogens is 2. The van der Waals surface area contributed by atoms with Gasteiger partial charge in [0, 0.05) is 18.5 Å². The normalized spacial score (nSPS) is 19.2. The molecular formula is C21H20F2N4O3. The minimum absolute atomic E-state index is 0.191. The third-order valence-electron chi connectivity index (χ3n) is 5.75. The lowest BCUT2D eigenvalue weighted by Crippen LogP contribution is -2.36. The Labute approximate surface area is 170 Å². The molecule has 1 aliphatic carbocycles. The van der Waals surface area contributed by atoms with Gasteiger partial charge in [-0.2, -0.15) is 0 Å². The largest absolute Gasteiger partial charge is 0.360 e. The van der Waals surface area contributed by atoms with E-state index in [0.717, 1.165) is 17.4 Å². The summed E-state index contributed by atoms with van der Waals surface area (Å²) < 4.78 is 32.9. The number of amides is 1. The molecule has 1 amide bonds.